The minimum Gasteiger partial charge on any atom is -0.369 e. The Hall–Kier alpha value is -3.69. The molecule has 1 aliphatic rings. The first-order valence-electron chi connectivity index (χ1n) is 13.0. The number of anilines is 2. The minimum atomic E-state index is -0.243. The molecule has 38 heavy (non-hydrogen) atoms. The van der Waals surface area contributed by atoms with Crippen LogP contribution in [0.3, 0.4) is 0 Å². The highest BCUT2D eigenvalue weighted by molar-refractivity contribution is 7.10. The lowest BCUT2D eigenvalue weighted by Gasteiger charge is -2.34. The lowest BCUT2D eigenvalue weighted by atomic mass is 10.0. The van der Waals surface area contributed by atoms with E-state index in [2.05, 4.69) is 57.6 Å². The van der Waals surface area contributed by atoms with Gasteiger partial charge < -0.3 is 20.4 Å². The fraction of sp³-hybridized carbons (Fsp3) is 0.345. The zero-order chi connectivity index (χ0) is 26.6. The topological polar surface area (TPSA) is 93.4 Å². The van der Waals surface area contributed by atoms with Crippen molar-refractivity contribution < 1.29 is 9.59 Å². The van der Waals surface area contributed by atoms with Crippen molar-refractivity contribution in [2.45, 2.75) is 26.3 Å². The number of carbonyl (C=O) groups is 2. The van der Waals surface area contributed by atoms with Crippen molar-refractivity contribution in [2.24, 2.45) is 5.92 Å². The van der Waals surface area contributed by atoms with Gasteiger partial charge in [-0.2, -0.15) is 5.10 Å². The number of aromatic nitrogens is 2. The monoisotopic (exact) mass is 530 g/mol. The van der Waals surface area contributed by atoms with Crippen molar-refractivity contribution in [2.75, 3.05) is 43.4 Å². The summed E-state index contributed by atoms with van der Waals surface area (Å²) in [7, 11) is 2.13. The van der Waals surface area contributed by atoms with Crippen LogP contribution in [-0.4, -0.2) is 60.1 Å². The van der Waals surface area contributed by atoms with E-state index in [9.17, 15) is 9.59 Å². The van der Waals surface area contributed by atoms with Crippen LogP contribution in [0.25, 0.3) is 10.9 Å². The number of fused-ring (bicyclic) bond motifs is 1. The molecule has 4 aromatic rings. The largest absolute Gasteiger partial charge is 0.369 e. The molecule has 8 nitrogen and oxygen atoms in total. The predicted molar refractivity (Wildman–Crippen MR) is 154 cm³/mol. The Labute approximate surface area is 227 Å². The second-order valence-corrected chi connectivity index (χ2v) is 11.3. The summed E-state index contributed by atoms with van der Waals surface area (Å²) in [5, 5.41) is 16.1. The molecule has 2 aromatic carbocycles. The molecule has 0 spiro atoms. The van der Waals surface area contributed by atoms with Crippen LogP contribution < -0.4 is 15.5 Å². The second kappa shape index (κ2) is 11.4. The molecular weight excluding hydrogens is 496 g/mol. The van der Waals surface area contributed by atoms with Gasteiger partial charge in [0.1, 0.15) is 0 Å². The van der Waals surface area contributed by atoms with Crippen LogP contribution in [0.4, 0.5) is 11.5 Å². The van der Waals surface area contributed by atoms with Gasteiger partial charge in [-0.25, -0.2) is 0 Å². The molecule has 2 amide bonds. The number of benzene rings is 2. The van der Waals surface area contributed by atoms with E-state index in [0.717, 1.165) is 48.7 Å². The number of amides is 2. The number of likely N-dealkylation sites (N-methyl/N-ethyl adjacent to an activating group) is 1. The molecule has 3 N–H and O–H groups in total. The Morgan fingerprint density at radius 3 is 2.42 bits per heavy atom. The fourth-order valence-electron chi connectivity index (χ4n) is 4.77. The lowest BCUT2D eigenvalue weighted by molar-refractivity contribution is 0.0932. The standard InChI is InChI=1S/C29H34N6O2S/c1-19(2)17-25(26-5-4-16-38-26)30-29(37)21-8-11-24-23(18-21)27(33-32-24)31-28(36)20-6-9-22(10-7-20)35-14-12-34(3)13-15-35/h4-11,16,18-19,25H,12-15,17H2,1-3H3,(H,30,37)(H2,31,32,33,36). The second-order valence-electron chi connectivity index (χ2n) is 10.3. The van der Waals surface area contributed by atoms with Crippen LogP contribution in [-0.2, 0) is 0 Å². The van der Waals surface area contributed by atoms with Crippen molar-refractivity contribution in [1.82, 2.24) is 20.4 Å². The van der Waals surface area contributed by atoms with E-state index in [1.807, 2.05) is 41.8 Å². The third kappa shape index (κ3) is 5.89. The van der Waals surface area contributed by atoms with Gasteiger partial charge in [0.15, 0.2) is 5.82 Å². The third-order valence-corrected chi connectivity index (χ3v) is 7.94. The molecule has 198 valence electrons. The molecule has 2 aromatic heterocycles. The fourth-order valence-corrected chi connectivity index (χ4v) is 5.56. The first-order chi connectivity index (χ1) is 18.4. The predicted octanol–water partition coefficient (Wildman–Crippen LogP) is 5.15. The maximum Gasteiger partial charge on any atom is 0.256 e. The summed E-state index contributed by atoms with van der Waals surface area (Å²) in [6, 6.07) is 17.1. The highest BCUT2D eigenvalue weighted by Gasteiger charge is 2.20. The van der Waals surface area contributed by atoms with E-state index in [0.29, 0.717) is 28.2 Å². The summed E-state index contributed by atoms with van der Waals surface area (Å²) in [5.74, 6) is 0.452. The summed E-state index contributed by atoms with van der Waals surface area (Å²) in [4.78, 5) is 32.0. The molecule has 1 saturated heterocycles. The molecule has 1 fully saturated rings. The van der Waals surface area contributed by atoms with Crippen molar-refractivity contribution in [3.63, 3.8) is 0 Å². The van der Waals surface area contributed by atoms with Gasteiger partial charge in [0.05, 0.1) is 11.6 Å². The number of piperazine rings is 1. The van der Waals surface area contributed by atoms with Gasteiger partial charge in [-0.3, -0.25) is 14.7 Å². The smallest absolute Gasteiger partial charge is 0.256 e. The van der Waals surface area contributed by atoms with Crippen LogP contribution in [0, 0.1) is 5.92 Å². The molecule has 0 saturated carbocycles. The molecule has 1 unspecified atom stereocenters. The molecule has 0 bridgehead atoms. The van der Waals surface area contributed by atoms with E-state index in [4.69, 9.17) is 0 Å². The van der Waals surface area contributed by atoms with Gasteiger partial charge in [0.2, 0.25) is 0 Å². The maximum atomic E-state index is 13.2. The Bertz CT molecular complexity index is 1390. The van der Waals surface area contributed by atoms with Gasteiger partial charge in [-0.15, -0.1) is 11.3 Å². The number of nitrogens with one attached hydrogen (secondary N) is 3. The third-order valence-electron chi connectivity index (χ3n) is 6.95. The van der Waals surface area contributed by atoms with E-state index in [1.54, 1.807) is 23.5 Å². The Morgan fingerprint density at radius 1 is 1.00 bits per heavy atom. The van der Waals surface area contributed by atoms with Crippen LogP contribution in [0.15, 0.2) is 60.0 Å². The molecule has 0 aliphatic carbocycles. The van der Waals surface area contributed by atoms with E-state index in [-0.39, 0.29) is 17.9 Å². The summed E-state index contributed by atoms with van der Waals surface area (Å²) in [6.45, 7) is 8.31. The number of carbonyl (C=O) groups excluding carboxylic acids is 2. The van der Waals surface area contributed by atoms with E-state index in [1.165, 1.54) is 0 Å². The van der Waals surface area contributed by atoms with Crippen molar-refractivity contribution in [3.05, 3.63) is 76.0 Å². The van der Waals surface area contributed by atoms with Crippen LogP contribution >= 0.6 is 11.3 Å². The average molecular weight is 531 g/mol. The van der Waals surface area contributed by atoms with E-state index < -0.39 is 0 Å². The number of nitrogens with zero attached hydrogens (tertiary/aromatic N) is 3. The first kappa shape index (κ1) is 25.9. The Balaban J connectivity index is 1.29. The Kier molecular flexibility index (Phi) is 7.76. The zero-order valence-electron chi connectivity index (χ0n) is 22.0. The number of thiophene rings is 1. The summed E-state index contributed by atoms with van der Waals surface area (Å²) in [5.41, 5.74) is 2.95. The average Bonchev–Trinajstić information content (AvgIpc) is 3.59. The molecule has 0 radical (unpaired) electrons. The van der Waals surface area contributed by atoms with Crippen molar-refractivity contribution in [1.29, 1.82) is 0 Å². The van der Waals surface area contributed by atoms with Crippen molar-refractivity contribution in [3.8, 4) is 0 Å². The highest BCUT2D eigenvalue weighted by Crippen LogP contribution is 2.27. The maximum absolute atomic E-state index is 13.2. The molecule has 3 heterocycles. The van der Waals surface area contributed by atoms with Gasteiger partial charge >= 0.3 is 0 Å². The van der Waals surface area contributed by atoms with Gasteiger partial charge in [-0.05, 0) is 73.3 Å². The van der Waals surface area contributed by atoms with Gasteiger partial charge in [0.25, 0.3) is 11.8 Å². The van der Waals surface area contributed by atoms with Gasteiger partial charge in [0, 0.05) is 53.3 Å². The SMILES string of the molecule is CC(C)CC(NC(=O)c1ccc2[nH]nc(NC(=O)c3ccc(N4CCN(C)CC4)cc3)c2c1)c1cccs1. The zero-order valence-corrected chi connectivity index (χ0v) is 22.8. The molecule has 9 heteroatoms. The van der Waals surface area contributed by atoms with Gasteiger partial charge in [-0.1, -0.05) is 19.9 Å². The normalized spacial score (nSPS) is 15.1. The Morgan fingerprint density at radius 2 is 1.74 bits per heavy atom. The summed E-state index contributed by atoms with van der Waals surface area (Å²) < 4.78 is 0. The number of H-pyrrole nitrogens is 1. The number of hydrogen-bond acceptors (Lipinski definition) is 6. The molecular formula is C29H34N6O2S. The quantitative estimate of drug-likeness (QED) is 0.293. The number of rotatable bonds is 8. The summed E-state index contributed by atoms with van der Waals surface area (Å²) in [6.07, 6.45) is 0.856. The van der Waals surface area contributed by atoms with Crippen LogP contribution in [0.5, 0.6) is 0 Å². The lowest BCUT2D eigenvalue weighted by Crippen LogP contribution is -2.44. The highest BCUT2D eigenvalue weighted by atomic mass is 32.1. The number of hydrogen-bond donors (Lipinski definition) is 3. The minimum absolute atomic E-state index is 0.0458. The van der Waals surface area contributed by atoms with Crippen LogP contribution in [0.2, 0.25) is 0 Å². The van der Waals surface area contributed by atoms with Crippen LogP contribution in [0.1, 0.15) is 51.9 Å². The van der Waals surface area contributed by atoms with E-state index >= 15 is 0 Å². The molecule has 5 rings (SSSR count). The van der Waals surface area contributed by atoms with Crippen molar-refractivity contribution >= 4 is 45.6 Å². The summed E-state index contributed by atoms with van der Waals surface area (Å²) >= 11 is 1.65. The molecule has 1 aliphatic heterocycles. The molecule has 1 atom stereocenters. The number of aromatic amines is 1. The first-order valence-corrected chi connectivity index (χ1v) is 13.9.